The van der Waals surface area contributed by atoms with Crippen LogP contribution in [-0.2, 0) is 28.7 Å². The Morgan fingerprint density at radius 3 is 2.30 bits per heavy atom. The largest absolute Gasteiger partial charge is 0.461 e. The SMILES string of the molecule is CC(=O)O[C@@H]1C[C@@H](C(=O)NC(C)c2ccc(-c3scnc3C)cc2)N(C(=O)C(NC(=O)COCCCCCN(c2ccc(-n3ccnn3)cc2)c2cc(-c3c(C)noc3C)ccc2C)C(C)(C)C)C1. The second-order valence-electron chi connectivity index (χ2n) is 18.8. The molecule has 2 unspecified atom stereocenters. The van der Waals surface area contributed by atoms with Crippen LogP contribution >= 0.6 is 11.3 Å². The summed E-state index contributed by atoms with van der Waals surface area (Å²) in [5.41, 5.74) is 10.9. The van der Waals surface area contributed by atoms with Crippen molar-refractivity contribution in [2.75, 3.05) is 31.2 Å². The van der Waals surface area contributed by atoms with Crippen molar-refractivity contribution in [3.8, 4) is 27.3 Å². The van der Waals surface area contributed by atoms with Crippen molar-refractivity contribution < 1.29 is 33.2 Å². The van der Waals surface area contributed by atoms with Crippen molar-refractivity contribution in [3.05, 3.63) is 113 Å². The number of hydrogen-bond acceptors (Lipinski definition) is 13. The van der Waals surface area contributed by atoms with Gasteiger partial charge in [-0.05, 0) is 112 Å². The minimum atomic E-state index is -0.990. The number of aromatic nitrogens is 5. The number of ether oxygens (including phenoxy) is 2. The van der Waals surface area contributed by atoms with Crippen molar-refractivity contribution >= 4 is 46.4 Å². The number of thiazole rings is 1. The number of aryl methyl sites for hydroxylation is 4. The zero-order valence-corrected chi connectivity index (χ0v) is 41.8. The maximum absolute atomic E-state index is 14.4. The molecular weight excluding hydrogens is 895 g/mol. The van der Waals surface area contributed by atoms with E-state index in [1.54, 1.807) is 22.2 Å². The average Bonchev–Trinajstić information content (AvgIpc) is 4.15. The van der Waals surface area contributed by atoms with Gasteiger partial charge in [0.15, 0.2) is 0 Å². The Kier molecular flexibility index (Phi) is 16.1. The average molecular weight is 958 g/mol. The summed E-state index contributed by atoms with van der Waals surface area (Å²) in [6, 6.07) is 20.3. The molecule has 3 aromatic carbocycles. The molecule has 4 heterocycles. The molecule has 0 radical (unpaired) electrons. The number of nitrogens with zero attached hydrogens (tertiary/aromatic N) is 7. The summed E-state index contributed by atoms with van der Waals surface area (Å²) in [6.07, 6.45) is 5.29. The van der Waals surface area contributed by atoms with Crippen LogP contribution in [0.4, 0.5) is 11.4 Å². The highest BCUT2D eigenvalue weighted by Crippen LogP contribution is 2.36. The van der Waals surface area contributed by atoms with Crippen molar-refractivity contribution in [1.82, 2.24) is 40.7 Å². The van der Waals surface area contributed by atoms with Crippen LogP contribution in [0.3, 0.4) is 0 Å². The van der Waals surface area contributed by atoms with Crippen molar-refractivity contribution in [2.24, 2.45) is 5.41 Å². The molecule has 16 nitrogen and oxygen atoms in total. The van der Waals surface area contributed by atoms with Gasteiger partial charge in [-0.3, -0.25) is 19.2 Å². The van der Waals surface area contributed by atoms with Crippen molar-refractivity contribution in [1.29, 1.82) is 0 Å². The van der Waals surface area contributed by atoms with E-state index in [0.717, 1.165) is 86.3 Å². The molecule has 2 N–H and O–H groups in total. The molecule has 1 aliphatic heterocycles. The maximum Gasteiger partial charge on any atom is 0.302 e. The normalized spacial score (nSPS) is 15.7. The first kappa shape index (κ1) is 50.2. The van der Waals surface area contributed by atoms with E-state index in [-0.39, 0.29) is 31.5 Å². The molecule has 4 atom stereocenters. The Bertz CT molecular complexity index is 2690. The van der Waals surface area contributed by atoms with Gasteiger partial charge in [0.05, 0.1) is 52.4 Å². The topological polar surface area (TPSA) is 187 Å². The first-order chi connectivity index (χ1) is 33.0. The van der Waals surface area contributed by atoms with E-state index in [0.29, 0.717) is 13.0 Å². The van der Waals surface area contributed by atoms with E-state index in [9.17, 15) is 19.2 Å². The summed E-state index contributed by atoms with van der Waals surface area (Å²) in [6.45, 7) is 17.5. The summed E-state index contributed by atoms with van der Waals surface area (Å²) in [4.78, 5) is 63.1. The van der Waals surface area contributed by atoms with Crippen LogP contribution in [0.15, 0.2) is 89.2 Å². The van der Waals surface area contributed by atoms with E-state index in [1.165, 1.54) is 11.8 Å². The fourth-order valence-corrected chi connectivity index (χ4v) is 9.62. The van der Waals surface area contributed by atoms with Gasteiger partial charge in [0.2, 0.25) is 17.7 Å². The third kappa shape index (κ3) is 12.3. The minimum Gasteiger partial charge on any atom is -0.461 e. The first-order valence-corrected chi connectivity index (χ1v) is 24.3. The number of rotatable bonds is 19. The Morgan fingerprint density at radius 1 is 0.928 bits per heavy atom. The number of esters is 1. The van der Waals surface area contributed by atoms with Crippen LogP contribution in [0.2, 0.25) is 0 Å². The van der Waals surface area contributed by atoms with Gasteiger partial charge in [-0.2, -0.15) is 0 Å². The molecule has 6 aromatic rings. The monoisotopic (exact) mass is 957 g/mol. The number of carbonyl (C=O) groups is 4. The van der Waals surface area contributed by atoms with Crippen molar-refractivity contribution in [3.63, 3.8) is 0 Å². The lowest BCUT2D eigenvalue weighted by Crippen LogP contribution is -2.58. The number of unbranched alkanes of at least 4 members (excludes halogenated alkanes) is 2. The second-order valence-corrected chi connectivity index (χ2v) is 19.6. The standard InChI is InChI=1S/C52H63N9O7S/c1-32-13-14-40(47-34(3)57-68-36(47)5)27-44(32)59(41-19-21-42(22-20-41)61-25-23-54-58-61)24-11-10-12-26-66-30-46(63)56-49(52(7,8)9)51(65)60-29-43(67-37(6)62)28-45(60)50(64)55-33(2)38-15-17-39(18-16-38)48-35(4)53-31-69-48/h13-23,25,27,31,33,43,45,49H,10-12,24,26,28-30H2,1-9H3,(H,55,64)(H,56,63)/t33?,43-,45+,49?/m1/s1. The van der Waals surface area contributed by atoms with Crippen LogP contribution in [0.1, 0.15) is 94.6 Å². The van der Waals surface area contributed by atoms with Gasteiger partial charge >= 0.3 is 5.97 Å². The minimum absolute atomic E-state index is 0.0185. The van der Waals surface area contributed by atoms with E-state index < -0.39 is 41.4 Å². The lowest BCUT2D eigenvalue weighted by atomic mass is 9.85. The quantitative estimate of drug-likeness (QED) is 0.0583. The molecular formula is C52H63N9O7S. The molecule has 1 fully saturated rings. The van der Waals surface area contributed by atoms with Crippen LogP contribution in [-0.4, -0.2) is 98.2 Å². The number of benzene rings is 3. The zero-order chi connectivity index (χ0) is 49.4. The molecule has 69 heavy (non-hydrogen) atoms. The number of hydrogen-bond donors (Lipinski definition) is 2. The summed E-state index contributed by atoms with van der Waals surface area (Å²) in [5.74, 6) is -0.994. The molecule has 0 bridgehead atoms. The lowest BCUT2D eigenvalue weighted by Gasteiger charge is -2.35. The predicted octanol–water partition coefficient (Wildman–Crippen LogP) is 8.55. The molecule has 0 aliphatic carbocycles. The second kappa shape index (κ2) is 22.1. The summed E-state index contributed by atoms with van der Waals surface area (Å²) in [7, 11) is 0. The maximum atomic E-state index is 14.4. The molecule has 1 saturated heterocycles. The fraction of sp³-hybridized carbons (Fsp3) is 0.423. The molecule has 364 valence electrons. The van der Waals surface area contributed by atoms with Gasteiger partial charge in [0.25, 0.3) is 0 Å². The van der Waals surface area contributed by atoms with Gasteiger partial charge in [-0.1, -0.05) is 67.5 Å². The number of carbonyl (C=O) groups excluding carboxylic acids is 4. The number of likely N-dealkylation sites (tertiary alicyclic amines) is 1. The summed E-state index contributed by atoms with van der Waals surface area (Å²) in [5, 5.41) is 18.2. The van der Waals surface area contributed by atoms with Crippen LogP contribution in [0.25, 0.3) is 27.3 Å². The summed E-state index contributed by atoms with van der Waals surface area (Å²) >= 11 is 1.57. The molecule has 7 rings (SSSR count). The fourth-order valence-electron chi connectivity index (χ4n) is 8.81. The van der Waals surface area contributed by atoms with Gasteiger partial charge in [0.1, 0.15) is 30.6 Å². The van der Waals surface area contributed by atoms with Gasteiger partial charge in [-0.25, -0.2) is 9.67 Å². The third-order valence-electron chi connectivity index (χ3n) is 12.5. The molecule has 0 spiro atoms. The molecule has 0 saturated carbocycles. The Labute approximate surface area is 407 Å². The highest BCUT2D eigenvalue weighted by Gasteiger charge is 2.46. The lowest BCUT2D eigenvalue weighted by molar-refractivity contribution is -0.147. The molecule has 1 aliphatic rings. The van der Waals surface area contributed by atoms with E-state index in [1.807, 2.05) is 96.6 Å². The first-order valence-electron chi connectivity index (χ1n) is 23.4. The van der Waals surface area contributed by atoms with Crippen LogP contribution in [0.5, 0.6) is 0 Å². The van der Waals surface area contributed by atoms with Crippen LogP contribution in [0, 0.1) is 33.1 Å². The van der Waals surface area contributed by atoms with Crippen LogP contribution < -0.4 is 15.5 Å². The Balaban J connectivity index is 0.945. The smallest absolute Gasteiger partial charge is 0.302 e. The molecule has 3 aromatic heterocycles. The van der Waals surface area contributed by atoms with Gasteiger partial charge < -0.3 is 34.4 Å². The predicted molar refractivity (Wildman–Crippen MR) is 265 cm³/mol. The summed E-state index contributed by atoms with van der Waals surface area (Å²) < 4.78 is 18.6. The Morgan fingerprint density at radius 2 is 1.67 bits per heavy atom. The zero-order valence-electron chi connectivity index (χ0n) is 40.9. The molecule has 3 amide bonds. The highest BCUT2D eigenvalue weighted by atomic mass is 32.1. The van der Waals surface area contributed by atoms with Crippen molar-refractivity contribution in [2.45, 2.75) is 112 Å². The number of anilines is 2. The van der Waals surface area contributed by atoms with E-state index in [2.05, 4.69) is 73.2 Å². The van der Waals surface area contributed by atoms with E-state index >= 15 is 0 Å². The molecule has 17 heteroatoms. The van der Waals surface area contributed by atoms with Gasteiger partial charge in [-0.15, -0.1) is 16.4 Å². The highest BCUT2D eigenvalue weighted by molar-refractivity contribution is 7.13. The third-order valence-corrected chi connectivity index (χ3v) is 13.4. The number of amides is 3. The Hall–Kier alpha value is -6.72. The van der Waals surface area contributed by atoms with Gasteiger partial charge in [0, 0.05) is 43.4 Å². The number of nitrogens with one attached hydrogen (secondary N) is 2. The van der Waals surface area contributed by atoms with E-state index in [4.69, 9.17) is 14.0 Å².